The number of hydrogen-bond acceptors (Lipinski definition) is 2. The first-order valence-corrected chi connectivity index (χ1v) is 8.40. The Balaban J connectivity index is 2.04. The molecule has 3 nitrogen and oxygen atoms in total. The molecule has 5 aromatic rings. The summed E-state index contributed by atoms with van der Waals surface area (Å²) in [6.07, 6.45) is 0. The lowest BCUT2D eigenvalue weighted by molar-refractivity contribution is 0.474. The SMILES string of the molecule is Oc1ccc2c(-c3ccccc3)c3cc4c(=[OH+])cccc4cc3oc2c1. The highest BCUT2D eigenvalue weighted by Gasteiger charge is 2.15. The molecule has 0 atom stereocenters. The lowest BCUT2D eigenvalue weighted by Crippen LogP contribution is -2.00. The predicted molar refractivity (Wildman–Crippen MR) is 103 cm³/mol. The first-order chi connectivity index (χ1) is 12.7. The monoisotopic (exact) mass is 339 g/mol. The Bertz CT molecular complexity index is 1350. The Morgan fingerprint density at radius 2 is 1.50 bits per heavy atom. The van der Waals surface area contributed by atoms with Crippen LogP contribution in [0.5, 0.6) is 5.75 Å². The lowest BCUT2D eigenvalue weighted by atomic mass is 9.95. The van der Waals surface area contributed by atoms with Gasteiger partial charge in [-0.2, -0.15) is 0 Å². The van der Waals surface area contributed by atoms with Gasteiger partial charge in [0, 0.05) is 28.5 Å². The average Bonchev–Trinajstić information content (AvgIpc) is 2.66. The van der Waals surface area contributed by atoms with E-state index < -0.39 is 0 Å². The van der Waals surface area contributed by atoms with Crippen LogP contribution in [-0.4, -0.2) is 9.90 Å². The third-order valence-electron chi connectivity index (χ3n) is 4.74. The van der Waals surface area contributed by atoms with Crippen molar-refractivity contribution in [3.05, 3.63) is 84.3 Å². The van der Waals surface area contributed by atoms with Crippen LogP contribution in [0.3, 0.4) is 0 Å². The summed E-state index contributed by atoms with van der Waals surface area (Å²) in [5.41, 5.74) is 3.65. The standard InChI is InChI=1S/C23H14O3/c24-16-9-10-17-22(12-16)26-21-11-15-7-4-8-20(25)18(15)13-19(21)23(17)14-5-2-1-3-6-14/h1-13,24H/p+1. The van der Waals surface area contributed by atoms with Gasteiger partial charge < -0.3 is 9.52 Å². The zero-order valence-corrected chi connectivity index (χ0v) is 13.8. The van der Waals surface area contributed by atoms with Crippen molar-refractivity contribution in [3.8, 4) is 16.9 Å². The van der Waals surface area contributed by atoms with E-state index in [4.69, 9.17) is 4.42 Å². The zero-order chi connectivity index (χ0) is 17.7. The summed E-state index contributed by atoms with van der Waals surface area (Å²) in [7, 11) is 0. The van der Waals surface area contributed by atoms with E-state index in [1.807, 2.05) is 48.5 Å². The molecule has 0 saturated carbocycles. The van der Waals surface area contributed by atoms with Crippen LogP contribution in [0.1, 0.15) is 0 Å². The van der Waals surface area contributed by atoms with Gasteiger partial charge in [-0.25, -0.2) is 0 Å². The minimum absolute atomic E-state index is 0.165. The molecule has 0 aliphatic heterocycles. The number of benzene rings is 4. The van der Waals surface area contributed by atoms with Crippen LogP contribution in [0.15, 0.2) is 83.3 Å². The van der Waals surface area contributed by atoms with Crippen molar-refractivity contribution in [1.82, 2.24) is 0 Å². The van der Waals surface area contributed by atoms with E-state index in [1.54, 1.807) is 18.2 Å². The molecule has 4 aromatic carbocycles. The second kappa shape index (κ2) is 5.46. The molecule has 0 unspecified atom stereocenters. The quantitative estimate of drug-likeness (QED) is 0.340. The maximum Gasteiger partial charge on any atom is 0.347 e. The molecule has 124 valence electrons. The molecule has 0 spiro atoms. The van der Waals surface area contributed by atoms with E-state index in [-0.39, 0.29) is 11.2 Å². The molecule has 5 rings (SSSR count). The van der Waals surface area contributed by atoms with E-state index in [1.165, 1.54) is 0 Å². The maximum atomic E-state index is 10.3. The lowest BCUT2D eigenvalue weighted by Gasteiger charge is -2.12. The van der Waals surface area contributed by atoms with Gasteiger partial charge in [0.1, 0.15) is 16.9 Å². The van der Waals surface area contributed by atoms with Crippen LogP contribution in [-0.2, 0) is 0 Å². The van der Waals surface area contributed by atoms with Gasteiger partial charge in [0.05, 0.1) is 5.39 Å². The molecular weight excluding hydrogens is 324 g/mol. The van der Waals surface area contributed by atoms with Gasteiger partial charge in [-0.1, -0.05) is 42.5 Å². The Morgan fingerprint density at radius 1 is 0.692 bits per heavy atom. The number of phenolic OH excluding ortho intramolecular Hbond substituents is 1. The molecule has 3 heteroatoms. The minimum Gasteiger partial charge on any atom is -0.508 e. The van der Waals surface area contributed by atoms with Crippen molar-refractivity contribution in [2.24, 2.45) is 0 Å². The van der Waals surface area contributed by atoms with Crippen molar-refractivity contribution >= 4 is 32.7 Å². The van der Waals surface area contributed by atoms with Crippen LogP contribution >= 0.6 is 0 Å². The Morgan fingerprint density at radius 3 is 2.35 bits per heavy atom. The fourth-order valence-corrected chi connectivity index (χ4v) is 3.55. The molecule has 1 heterocycles. The number of fused-ring (bicyclic) bond motifs is 3. The fraction of sp³-hybridized carbons (Fsp3) is 0. The van der Waals surface area contributed by atoms with Crippen molar-refractivity contribution in [2.75, 3.05) is 0 Å². The van der Waals surface area contributed by atoms with Gasteiger partial charge in [0.15, 0.2) is 0 Å². The third kappa shape index (κ3) is 2.18. The highest BCUT2D eigenvalue weighted by molar-refractivity contribution is 6.11. The summed E-state index contributed by atoms with van der Waals surface area (Å²) in [5.74, 6) is 0.165. The minimum atomic E-state index is 0.165. The Kier molecular flexibility index (Phi) is 3.09. The predicted octanol–water partition coefficient (Wildman–Crippen LogP) is 5.12. The normalized spacial score (nSPS) is 11.4. The molecule has 0 aliphatic rings. The highest BCUT2D eigenvalue weighted by atomic mass is 16.3. The summed E-state index contributed by atoms with van der Waals surface area (Å²) in [5, 5.41) is 13.4. The van der Waals surface area contributed by atoms with Gasteiger partial charge in [0.25, 0.3) is 0 Å². The van der Waals surface area contributed by atoms with Crippen LogP contribution in [0.2, 0.25) is 0 Å². The van der Waals surface area contributed by atoms with E-state index in [9.17, 15) is 9.90 Å². The van der Waals surface area contributed by atoms with E-state index in [0.29, 0.717) is 11.2 Å². The summed E-state index contributed by atoms with van der Waals surface area (Å²) < 4.78 is 6.10. The van der Waals surface area contributed by atoms with Gasteiger partial charge in [-0.15, -0.1) is 0 Å². The number of rotatable bonds is 1. The smallest absolute Gasteiger partial charge is 0.347 e. The van der Waals surface area contributed by atoms with E-state index in [2.05, 4.69) is 12.1 Å². The molecule has 0 amide bonds. The molecule has 0 aliphatic carbocycles. The first-order valence-electron chi connectivity index (χ1n) is 8.40. The van der Waals surface area contributed by atoms with Crippen molar-refractivity contribution in [2.45, 2.75) is 0 Å². The molecule has 0 radical (unpaired) electrons. The first kappa shape index (κ1) is 14.7. The van der Waals surface area contributed by atoms with Crippen LogP contribution in [0.25, 0.3) is 43.8 Å². The van der Waals surface area contributed by atoms with E-state index in [0.717, 1.165) is 32.7 Å². The summed E-state index contributed by atoms with van der Waals surface area (Å²) in [6.45, 7) is 0. The largest absolute Gasteiger partial charge is 0.508 e. The van der Waals surface area contributed by atoms with E-state index >= 15 is 0 Å². The maximum absolute atomic E-state index is 10.3. The Labute approximate surface area is 148 Å². The molecule has 26 heavy (non-hydrogen) atoms. The van der Waals surface area contributed by atoms with Crippen molar-refractivity contribution < 1.29 is 14.3 Å². The Hall–Kier alpha value is -3.59. The highest BCUT2D eigenvalue weighted by Crippen LogP contribution is 2.38. The topological polar surface area (TPSA) is 54.8 Å². The molecule has 0 saturated heterocycles. The summed E-state index contributed by atoms with van der Waals surface area (Å²) in [6, 6.07) is 24.6. The van der Waals surface area contributed by atoms with Gasteiger partial charge >= 0.3 is 5.43 Å². The molecular formula is C23H15O3+. The van der Waals surface area contributed by atoms with Crippen LogP contribution in [0.4, 0.5) is 0 Å². The number of phenols is 1. The van der Waals surface area contributed by atoms with Crippen molar-refractivity contribution in [3.63, 3.8) is 0 Å². The van der Waals surface area contributed by atoms with Crippen LogP contribution in [0, 0.1) is 0 Å². The summed E-state index contributed by atoms with van der Waals surface area (Å²) >= 11 is 0. The molecule has 2 N–H and O–H groups in total. The van der Waals surface area contributed by atoms with Crippen LogP contribution < -0.4 is 5.43 Å². The average molecular weight is 339 g/mol. The number of hydrogen-bond donors (Lipinski definition) is 1. The summed E-state index contributed by atoms with van der Waals surface area (Å²) in [4.78, 5) is 10.3. The molecule has 0 bridgehead atoms. The zero-order valence-electron chi connectivity index (χ0n) is 13.8. The van der Waals surface area contributed by atoms with Crippen molar-refractivity contribution in [1.29, 1.82) is 0 Å². The molecule has 0 fully saturated rings. The van der Waals surface area contributed by atoms with Gasteiger partial charge in [0.2, 0.25) is 0 Å². The molecule has 1 aromatic heterocycles. The third-order valence-corrected chi connectivity index (χ3v) is 4.74. The fourth-order valence-electron chi connectivity index (χ4n) is 3.55. The second-order valence-corrected chi connectivity index (χ2v) is 6.37. The van der Waals surface area contributed by atoms with Gasteiger partial charge in [-0.3, -0.25) is 4.79 Å². The number of aromatic hydroxyl groups is 1. The van der Waals surface area contributed by atoms with Gasteiger partial charge in [-0.05, 0) is 35.2 Å². The second-order valence-electron chi connectivity index (χ2n) is 6.37.